The van der Waals surface area contributed by atoms with E-state index in [1.165, 1.54) is 0 Å². The van der Waals surface area contributed by atoms with Crippen LogP contribution in [0.1, 0.15) is 37.3 Å². The number of benzene rings is 1. The molecule has 0 radical (unpaired) electrons. The molecule has 1 heterocycles. The van der Waals surface area contributed by atoms with Crippen molar-refractivity contribution in [1.82, 2.24) is 10.6 Å². The largest absolute Gasteiger partial charge is 0.377 e. The summed E-state index contributed by atoms with van der Waals surface area (Å²) >= 11 is 0. The zero-order chi connectivity index (χ0) is 13.8. The van der Waals surface area contributed by atoms with E-state index >= 15 is 0 Å². The topological polar surface area (TPSA) is 50.4 Å². The molecule has 0 bridgehead atoms. The molecule has 1 saturated carbocycles. The van der Waals surface area contributed by atoms with Crippen molar-refractivity contribution in [3.8, 4) is 0 Å². The highest BCUT2D eigenvalue weighted by Crippen LogP contribution is 2.21. The number of carbonyl (C=O) groups excluding carboxylic acids is 1. The van der Waals surface area contributed by atoms with E-state index in [2.05, 4.69) is 10.6 Å². The van der Waals surface area contributed by atoms with E-state index in [4.69, 9.17) is 4.74 Å². The van der Waals surface area contributed by atoms with Crippen LogP contribution in [0, 0.1) is 0 Å². The van der Waals surface area contributed by atoms with E-state index in [0.29, 0.717) is 6.04 Å². The van der Waals surface area contributed by atoms with Gasteiger partial charge in [-0.15, -0.1) is 0 Å². The Balaban J connectivity index is 1.63. The van der Waals surface area contributed by atoms with Crippen LogP contribution in [0.3, 0.4) is 0 Å². The lowest BCUT2D eigenvalue weighted by atomic mass is 10.1. The van der Waals surface area contributed by atoms with Gasteiger partial charge in [0.05, 0.1) is 6.10 Å². The number of rotatable bonds is 6. The van der Waals surface area contributed by atoms with Crippen LogP contribution < -0.4 is 10.6 Å². The van der Waals surface area contributed by atoms with Gasteiger partial charge in [0.1, 0.15) is 6.04 Å². The lowest BCUT2D eigenvalue weighted by molar-refractivity contribution is -0.123. The molecule has 3 rings (SSSR count). The zero-order valence-electron chi connectivity index (χ0n) is 11.7. The Morgan fingerprint density at radius 3 is 2.70 bits per heavy atom. The summed E-state index contributed by atoms with van der Waals surface area (Å²) in [6, 6.07) is 10.0. The number of hydrogen-bond donors (Lipinski definition) is 2. The van der Waals surface area contributed by atoms with Crippen molar-refractivity contribution in [3.63, 3.8) is 0 Å². The molecule has 1 aromatic carbocycles. The Kier molecular flexibility index (Phi) is 4.33. The normalized spacial score (nSPS) is 23.5. The van der Waals surface area contributed by atoms with E-state index < -0.39 is 0 Å². The van der Waals surface area contributed by atoms with Crippen molar-refractivity contribution in [2.24, 2.45) is 0 Å². The Bertz CT molecular complexity index is 439. The summed E-state index contributed by atoms with van der Waals surface area (Å²) in [7, 11) is 0. The van der Waals surface area contributed by atoms with Gasteiger partial charge in [0, 0.05) is 19.2 Å². The second kappa shape index (κ2) is 6.37. The van der Waals surface area contributed by atoms with E-state index in [1.807, 2.05) is 30.3 Å². The first-order valence-electron chi connectivity index (χ1n) is 7.53. The van der Waals surface area contributed by atoms with Crippen molar-refractivity contribution >= 4 is 5.91 Å². The van der Waals surface area contributed by atoms with Crippen LogP contribution in [0.2, 0.25) is 0 Å². The van der Waals surface area contributed by atoms with Crippen LogP contribution in [-0.2, 0) is 9.53 Å². The molecule has 4 nitrogen and oxygen atoms in total. The van der Waals surface area contributed by atoms with Gasteiger partial charge in [-0.25, -0.2) is 0 Å². The van der Waals surface area contributed by atoms with Gasteiger partial charge in [0.2, 0.25) is 5.91 Å². The quantitative estimate of drug-likeness (QED) is 0.831. The third-order valence-electron chi connectivity index (χ3n) is 3.89. The highest BCUT2D eigenvalue weighted by atomic mass is 16.5. The van der Waals surface area contributed by atoms with Gasteiger partial charge in [0.15, 0.2) is 0 Å². The number of amides is 1. The molecule has 1 saturated heterocycles. The van der Waals surface area contributed by atoms with Crippen LogP contribution in [0.25, 0.3) is 0 Å². The minimum atomic E-state index is -0.277. The van der Waals surface area contributed by atoms with Crippen LogP contribution in [0.15, 0.2) is 30.3 Å². The fraction of sp³-hybridized carbons (Fsp3) is 0.562. The van der Waals surface area contributed by atoms with Crippen LogP contribution in [-0.4, -0.2) is 31.2 Å². The summed E-state index contributed by atoms with van der Waals surface area (Å²) in [5.41, 5.74) is 1.02. The van der Waals surface area contributed by atoms with Crippen LogP contribution in [0.4, 0.5) is 0 Å². The smallest absolute Gasteiger partial charge is 0.241 e. The fourth-order valence-corrected chi connectivity index (χ4v) is 2.57. The Hall–Kier alpha value is -1.39. The molecule has 1 aromatic rings. The molecule has 4 heteroatoms. The maximum absolute atomic E-state index is 12.4. The first-order chi connectivity index (χ1) is 9.83. The Labute approximate surface area is 119 Å². The Morgan fingerprint density at radius 1 is 1.25 bits per heavy atom. The van der Waals surface area contributed by atoms with Crippen LogP contribution in [0.5, 0.6) is 0 Å². The fourth-order valence-electron chi connectivity index (χ4n) is 2.57. The minimum absolute atomic E-state index is 0.0803. The van der Waals surface area contributed by atoms with Gasteiger partial charge in [-0.3, -0.25) is 10.1 Å². The molecule has 2 fully saturated rings. The standard InChI is InChI=1S/C16H22N2O2/c19-16(18-13-8-9-13)15(12-5-2-1-3-6-12)17-11-14-7-4-10-20-14/h1-3,5-6,13-15,17H,4,7-11H2,(H,18,19). The molecule has 0 aromatic heterocycles. The van der Waals surface area contributed by atoms with Crippen molar-refractivity contribution in [2.75, 3.05) is 13.2 Å². The van der Waals surface area contributed by atoms with Gasteiger partial charge in [-0.2, -0.15) is 0 Å². The van der Waals surface area contributed by atoms with Crippen molar-refractivity contribution in [1.29, 1.82) is 0 Å². The second-order valence-corrected chi connectivity index (χ2v) is 5.67. The van der Waals surface area contributed by atoms with E-state index in [0.717, 1.165) is 44.4 Å². The maximum atomic E-state index is 12.4. The van der Waals surface area contributed by atoms with Crippen molar-refractivity contribution in [2.45, 2.75) is 43.9 Å². The molecular formula is C16H22N2O2. The Morgan fingerprint density at radius 2 is 2.05 bits per heavy atom. The third kappa shape index (κ3) is 3.58. The predicted octanol–water partition coefficient (Wildman–Crippen LogP) is 1.77. The molecule has 2 N–H and O–H groups in total. The van der Waals surface area contributed by atoms with Gasteiger partial charge in [-0.1, -0.05) is 30.3 Å². The third-order valence-corrected chi connectivity index (χ3v) is 3.89. The zero-order valence-corrected chi connectivity index (χ0v) is 11.7. The highest BCUT2D eigenvalue weighted by Gasteiger charge is 2.29. The molecule has 20 heavy (non-hydrogen) atoms. The number of nitrogens with one attached hydrogen (secondary N) is 2. The highest BCUT2D eigenvalue weighted by molar-refractivity contribution is 5.83. The van der Waals surface area contributed by atoms with Crippen LogP contribution >= 0.6 is 0 Å². The summed E-state index contributed by atoms with van der Waals surface area (Å²) in [6.07, 6.45) is 4.67. The van der Waals surface area contributed by atoms with Gasteiger partial charge in [0.25, 0.3) is 0 Å². The van der Waals surface area contributed by atoms with Crippen molar-refractivity contribution in [3.05, 3.63) is 35.9 Å². The average Bonchev–Trinajstić information content (AvgIpc) is 3.13. The number of carbonyl (C=O) groups is 1. The lowest BCUT2D eigenvalue weighted by Crippen LogP contribution is -2.41. The maximum Gasteiger partial charge on any atom is 0.241 e. The average molecular weight is 274 g/mol. The lowest BCUT2D eigenvalue weighted by Gasteiger charge is -2.20. The molecule has 2 unspecified atom stereocenters. The van der Waals surface area contributed by atoms with Gasteiger partial charge < -0.3 is 10.1 Å². The van der Waals surface area contributed by atoms with Gasteiger partial charge in [-0.05, 0) is 31.2 Å². The van der Waals surface area contributed by atoms with Crippen molar-refractivity contribution < 1.29 is 9.53 Å². The van der Waals surface area contributed by atoms with E-state index in [9.17, 15) is 4.79 Å². The molecule has 1 amide bonds. The molecule has 1 aliphatic heterocycles. The molecule has 1 aliphatic carbocycles. The molecule has 2 atom stereocenters. The summed E-state index contributed by atoms with van der Waals surface area (Å²) in [6.45, 7) is 1.58. The number of ether oxygens (including phenoxy) is 1. The summed E-state index contributed by atoms with van der Waals surface area (Å²) in [4.78, 5) is 12.4. The molecule has 108 valence electrons. The van der Waals surface area contributed by atoms with Gasteiger partial charge >= 0.3 is 0 Å². The number of hydrogen-bond acceptors (Lipinski definition) is 3. The summed E-state index contributed by atoms with van der Waals surface area (Å²) in [5, 5.41) is 6.46. The first kappa shape index (κ1) is 13.6. The summed E-state index contributed by atoms with van der Waals surface area (Å²) < 4.78 is 5.62. The monoisotopic (exact) mass is 274 g/mol. The molecule has 2 aliphatic rings. The molecular weight excluding hydrogens is 252 g/mol. The van der Waals surface area contributed by atoms with E-state index in [1.54, 1.807) is 0 Å². The predicted molar refractivity (Wildman–Crippen MR) is 77.3 cm³/mol. The van der Waals surface area contributed by atoms with E-state index in [-0.39, 0.29) is 18.1 Å². The SMILES string of the molecule is O=C(NC1CC1)C(NCC1CCCO1)c1ccccc1. The summed E-state index contributed by atoms with van der Waals surface area (Å²) in [5.74, 6) is 0.0803. The minimum Gasteiger partial charge on any atom is -0.377 e. The first-order valence-corrected chi connectivity index (χ1v) is 7.53. The molecule has 0 spiro atoms. The second-order valence-electron chi connectivity index (χ2n) is 5.67.